The Hall–Kier alpha value is -0.890. The van der Waals surface area contributed by atoms with Gasteiger partial charge >= 0.3 is 0 Å². The highest BCUT2D eigenvalue weighted by molar-refractivity contribution is 5.29. The maximum Gasteiger partial charge on any atom is 0.123 e. The zero-order valence-corrected chi connectivity index (χ0v) is 11.2. The minimum Gasteiger partial charge on any atom is -0.306 e. The third kappa shape index (κ3) is 1.97. The summed E-state index contributed by atoms with van der Waals surface area (Å²) in [6.45, 7) is 2.38. The highest BCUT2D eigenvalue weighted by atomic mass is 19.1. The van der Waals surface area contributed by atoms with Gasteiger partial charge in [-0.15, -0.1) is 0 Å². The normalized spacial score (nSPS) is 33.1. The number of likely N-dealkylation sites (tertiary alicyclic amines) is 1. The second kappa shape index (κ2) is 4.65. The van der Waals surface area contributed by atoms with Crippen molar-refractivity contribution in [3.8, 4) is 0 Å². The second-order valence-corrected chi connectivity index (χ2v) is 6.12. The van der Waals surface area contributed by atoms with Crippen LogP contribution in [0.5, 0.6) is 0 Å². The fourth-order valence-electron chi connectivity index (χ4n) is 4.07. The topological polar surface area (TPSA) is 3.24 Å². The molecule has 0 spiro atoms. The Kier molecular flexibility index (Phi) is 3.14. The Morgan fingerprint density at radius 1 is 1.17 bits per heavy atom. The van der Waals surface area contributed by atoms with Gasteiger partial charge in [-0.3, -0.25) is 0 Å². The first kappa shape index (κ1) is 12.2. The van der Waals surface area contributed by atoms with Crippen LogP contribution in [0.25, 0.3) is 0 Å². The Labute approximate surface area is 109 Å². The van der Waals surface area contributed by atoms with E-state index >= 15 is 0 Å². The van der Waals surface area contributed by atoms with Crippen LogP contribution in [0.2, 0.25) is 0 Å². The number of halogens is 1. The molecule has 0 unspecified atom stereocenters. The number of fused-ring (bicyclic) bond motifs is 1. The van der Waals surface area contributed by atoms with Gasteiger partial charge in [-0.1, -0.05) is 25.0 Å². The first-order valence-corrected chi connectivity index (χ1v) is 7.15. The van der Waals surface area contributed by atoms with Gasteiger partial charge in [0, 0.05) is 12.0 Å². The molecule has 1 aromatic rings. The molecule has 1 aliphatic heterocycles. The van der Waals surface area contributed by atoms with Crippen LogP contribution in [0.1, 0.15) is 37.7 Å². The number of rotatable bonds is 1. The zero-order chi connectivity index (χ0) is 12.6. The molecule has 1 aliphatic carbocycles. The smallest absolute Gasteiger partial charge is 0.123 e. The summed E-state index contributed by atoms with van der Waals surface area (Å²) in [4.78, 5) is 2.46. The summed E-state index contributed by atoms with van der Waals surface area (Å²) in [5, 5.41) is 0. The van der Waals surface area contributed by atoms with Crippen LogP contribution in [0, 0.1) is 11.7 Å². The van der Waals surface area contributed by atoms with Gasteiger partial charge in [0.25, 0.3) is 0 Å². The fourth-order valence-corrected chi connectivity index (χ4v) is 4.07. The zero-order valence-electron chi connectivity index (χ0n) is 11.2. The Bertz CT molecular complexity index is 414. The molecule has 0 amide bonds. The maximum atomic E-state index is 13.1. The molecule has 1 aromatic carbocycles. The number of hydrogen-bond acceptors (Lipinski definition) is 1. The van der Waals surface area contributed by atoms with Gasteiger partial charge in [-0.2, -0.15) is 0 Å². The molecule has 2 aliphatic rings. The van der Waals surface area contributed by atoms with E-state index in [0.717, 1.165) is 5.92 Å². The van der Waals surface area contributed by atoms with Crippen molar-refractivity contribution in [3.05, 3.63) is 35.6 Å². The van der Waals surface area contributed by atoms with Crippen LogP contribution < -0.4 is 0 Å². The van der Waals surface area contributed by atoms with Crippen molar-refractivity contribution in [2.75, 3.05) is 20.1 Å². The second-order valence-electron chi connectivity index (χ2n) is 6.12. The third-order valence-electron chi connectivity index (χ3n) is 5.10. The van der Waals surface area contributed by atoms with E-state index in [-0.39, 0.29) is 5.82 Å². The largest absolute Gasteiger partial charge is 0.306 e. The summed E-state index contributed by atoms with van der Waals surface area (Å²) in [6.07, 6.45) is 6.55. The SMILES string of the molecule is CN1CC[C@@]2(c3ccc(F)cc3)CCCC[C@H]2C1. The molecule has 0 N–H and O–H groups in total. The first-order valence-electron chi connectivity index (χ1n) is 7.15. The molecular weight excluding hydrogens is 225 g/mol. The predicted molar refractivity (Wildman–Crippen MR) is 72.2 cm³/mol. The lowest BCUT2D eigenvalue weighted by atomic mass is 9.59. The van der Waals surface area contributed by atoms with Crippen LogP contribution in [0.15, 0.2) is 24.3 Å². The summed E-state index contributed by atoms with van der Waals surface area (Å²) in [5.74, 6) is 0.644. The van der Waals surface area contributed by atoms with Crippen LogP contribution in [-0.2, 0) is 5.41 Å². The molecule has 18 heavy (non-hydrogen) atoms. The van der Waals surface area contributed by atoms with Gasteiger partial charge in [0.2, 0.25) is 0 Å². The van der Waals surface area contributed by atoms with Gasteiger partial charge in [0.05, 0.1) is 0 Å². The van der Waals surface area contributed by atoms with E-state index in [1.807, 2.05) is 12.1 Å². The molecule has 0 aromatic heterocycles. The van der Waals surface area contributed by atoms with E-state index in [4.69, 9.17) is 0 Å². The molecule has 0 radical (unpaired) electrons. The summed E-state index contributed by atoms with van der Waals surface area (Å²) in [6, 6.07) is 7.32. The highest BCUT2D eigenvalue weighted by Gasteiger charge is 2.44. The van der Waals surface area contributed by atoms with Gasteiger partial charge in [0.1, 0.15) is 5.82 Å². The molecule has 2 heteroatoms. The average Bonchev–Trinajstić information content (AvgIpc) is 2.39. The summed E-state index contributed by atoms with van der Waals surface area (Å²) in [5.41, 5.74) is 1.71. The number of piperidine rings is 1. The quantitative estimate of drug-likeness (QED) is 0.733. The standard InChI is InChI=1S/C16H22FN/c1-18-11-10-16(9-3-2-4-14(16)12-18)13-5-7-15(17)8-6-13/h5-8,14H,2-4,9-12H2,1H3/t14-,16+/m0/s1. The monoisotopic (exact) mass is 247 g/mol. The molecule has 2 atom stereocenters. The molecule has 1 saturated heterocycles. The molecule has 3 rings (SSSR count). The van der Waals surface area contributed by atoms with Crippen molar-refractivity contribution >= 4 is 0 Å². The van der Waals surface area contributed by atoms with E-state index in [9.17, 15) is 4.39 Å². The fraction of sp³-hybridized carbons (Fsp3) is 0.625. The minimum atomic E-state index is -0.115. The molecule has 1 heterocycles. The third-order valence-corrected chi connectivity index (χ3v) is 5.10. The van der Waals surface area contributed by atoms with E-state index in [0.29, 0.717) is 5.41 Å². The van der Waals surface area contributed by atoms with Gasteiger partial charge in [-0.25, -0.2) is 4.39 Å². The lowest BCUT2D eigenvalue weighted by molar-refractivity contribution is 0.0707. The van der Waals surface area contributed by atoms with Crippen LogP contribution in [-0.4, -0.2) is 25.0 Å². The Morgan fingerprint density at radius 3 is 2.72 bits per heavy atom. The van der Waals surface area contributed by atoms with Gasteiger partial charge in [0.15, 0.2) is 0 Å². The van der Waals surface area contributed by atoms with Crippen LogP contribution in [0.3, 0.4) is 0 Å². The van der Waals surface area contributed by atoms with Crippen molar-refractivity contribution < 1.29 is 4.39 Å². The summed E-state index contributed by atoms with van der Waals surface area (Å²) in [7, 11) is 2.23. The van der Waals surface area contributed by atoms with Crippen molar-refractivity contribution in [1.82, 2.24) is 4.90 Å². The van der Waals surface area contributed by atoms with Crippen LogP contribution >= 0.6 is 0 Å². The molecule has 2 fully saturated rings. The van der Waals surface area contributed by atoms with Crippen molar-refractivity contribution in [2.24, 2.45) is 5.92 Å². The van der Waals surface area contributed by atoms with Crippen molar-refractivity contribution in [3.63, 3.8) is 0 Å². The highest BCUT2D eigenvalue weighted by Crippen LogP contribution is 2.48. The van der Waals surface area contributed by atoms with E-state index in [2.05, 4.69) is 11.9 Å². The Balaban J connectivity index is 1.96. The van der Waals surface area contributed by atoms with Crippen molar-refractivity contribution in [1.29, 1.82) is 0 Å². The summed E-state index contributed by atoms with van der Waals surface area (Å²) >= 11 is 0. The molecule has 98 valence electrons. The molecule has 1 saturated carbocycles. The summed E-state index contributed by atoms with van der Waals surface area (Å²) < 4.78 is 13.1. The predicted octanol–water partition coefficient (Wildman–Crippen LogP) is 3.59. The number of benzene rings is 1. The van der Waals surface area contributed by atoms with E-state index in [1.165, 1.54) is 50.8 Å². The Morgan fingerprint density at radius 2 is 1.94 bits per heavy atom. The molecule has 0 bridgehead atoms. The molecule has 1 nitrogen and oxygen atoms in total. The number of nitrogens with zero attached hydrogens (tertiary/aromatic N) is 1. The maximum absolute atomic E-state index is 13.1. The van der Waals surface area contributed by atoms with E-state index < -0.39 is 0 Å². The van der Waals surface area contributed by atoms with Crippen LogP contribution in [0.4, 0.5) is 4.39 Å². The first-order chi connectivity index (χ1) is 8.71. The van der Waals surface area contributed by atoms with Gasteiger partial charge < -0.3 is 4.90 Å². The van der Waals surface area contributed by atoms with Crippen molar-refractivity contribution in [2.45, 2.75) is 37.5 Å². The van der Waals surface area contributed by atoms with E-state index in [1.54, 1.807) is 12.1 Å². The lowest BCUT2D eigenvalue weighted by Gasteiger charge is -2.50. The average molecular weight is 247 g/mol. The number of hydrogen-bond donors (Lipinski definition) is 0. The molecular formula is C16H22FN. The van der Waals surface area contributed by atoms with Gasteiger partial charge in [-0.05, 0) is 56.5 Å². The lowest BCUT2D eigenvalue weighted by Crippen LogP contribution is -2.50. The minimum absolute atomic E-state index is 0.115.